The van der Waals surface area contributed by atoms with Crippen LogP contribution < -0.4 is 0 Å². The molecule has 0 amide bonds. The Kier molecular flexibility index (Phi) is 4.55. The van der Waals surface area contributed by atoms with Crippen molar-refractivity contribution in [2.75, 3.05) is 0 Å². The van der Waals surface area contributed by atoms with Gasteiger partial charge in [0.15, 0.2) is 0 Å². The minimum atomic E-state index is -0.302. The van der Waals surface area contributed by atoms with E-state index in [-0.39, 0.29) is 24.4 Å². The Morgan fingerprint density at radius 3 is 2.17 bits per heavy atom. The molecule has 0 fully saturated rings. The molecule has 0 aliphatic rings. The van der Waals surface area contributed by atoms with E-state index in [9.17, 15) is 4.79 Å². The van der Waals surface area contributed by atoms with E-state index in [4.69, 9.17) is 10.1 Å². The number of carbonyl (C=O) groups excluding carboxylic acids is 1. The van der Waals surface area contributed by atoms with Gasteiger partial charge in [0.25, 0.3) is 0 Å². The summed E-state index contributed by atoms with van der Waals surface area (Å²) in [7, 11) is 0. The van der Waals surface area contributed by atoms with Crippen molar-refractivity contribution in [3.8, 4) is 0 Å². The molecule has 0 unspecified atom stereocenters. The summed E-state index contributed by atoms with van der Waals surface area (Å²) < 4.78 is 4.89. The van der Waals surface area contributed by atoms with Crippen molar-refractivity contribution >= 4 is 11.7 Å². The van der Waals surface area contributed by atoms with E-state index in [0.29, 0.717) is 5.71 Å². The van der Waals surface area contributed by atoms with E-state index in [1.165, 1.54) is 0 Å². The highest BCUT2D eigenvalue weighted by atomic mass is 16.5. The van der Waals surface area contributed by atoms with Crippen LogP contribution in [0.3, 0.4) is 0 Å². The number of ether oxygens (including phenoxy) is 1. The van der Waals surface area contributed by atoms with Crippen molar-refractivity contribution in [1.82, 2.24) is 0 Å². The quantitative estimate of drug-likeness (QED) is 0.519. The summed E-state index contributed by atoms with van der Waals surface area (Å²) >= 11 is 0. The lowest BCUT2D eigenvalue weighted by Crippen LogP contribution is -2.17. The average molecular weight is 171 g/mol. The number of rotatable bonds is 4. The molecular formula is C9H17NO2. The third-order valence-electron chi connectivity index (χ3n) is 1.40. The molecule has 0 aliphatic carbocycles. The van der Waals surface area contributed by atoms with Gasteiger partial charge in [0, 0.05) is 5.71 Å². The smallest absolute Gasteiger partial charge is 0.311 e. The van der Waals surface area contributed by atoms with E-state index >= 15 is 0 Å². The first kappa shape index (κ1) is 11.1. The second-order valence-electron chi connectivity index (χ2n) is 3.40. The van der Waals surface area contributed by atoms with Gasteiger partial charge in [-0.1, -0.05) is 13.8 Å². The topological polar surface area (TPSA) is 50.2 Å². The molecule has 3 nitrogen and oxygen atoms in total. The molecule has 70 valence electrons. The number of carbonyl (C=O) groups is 1. The minimum absolute atomic E-state index is 0.0857. The highest BCUT2D eigenvalue weighted by Crippen LogP contribution is 2.01. The van der Waals surface area contributed by atoms with Crippen LogP contribution in [0, 0.1) is 11.3 Å². The molecule has 0 aromatic carbocycles. The monoisotopic (exact) mass is 171 g/mol. The minimum Gasteiger partial charge on any atom is -0.463 e. The molecular weight excluding hydrogens is 154 g/mol. The molecule has 1 N–H and O–H groups in total. The van der Waals surface area contributed by atoms with Crippen LogP contribution in [-0.2, 0) is 9.53 Å². The van der Waals surface area contributed by atoms with E-state index in [1.54, 1.807) is 13.8 Å². The summed E-state index contributed by atoms with van der Waals surface area (Å²) in [4.78, 5) is 11.0. The van der Waals surface area contributed by atoms with Gasteiger partial charge in [-0.05, 0) is 19.8 Å². The van der Waals surface area contributed by atoms with Crippen LogP contribution in [0.4, 0.5) is 0 Å². The molecule has 0 atom stereocenters. The fraction of sp³-hybridized carbons (Fsp3) is 0.778. The lowest BCUT2D eigenvalue weighted by atomic mass is 10.1. The zero-order chi connectivity index (χ0) is 9.72. The summed E-state index contributed by atoms with van der Waals surface area (Å²) in [5.41, 5.74) is 0.431. The van der Waals surface area contributed by atoms with E-state index < -0.39 is 0 Å². The summed E-state index contributed by atoms with van der Waals surface area (Å²) in [5.74, 6) is -0.173. The van der Waals surface area contributed by atoms with Crippen molar-refractivity contribution in [1.29, 1.82) is 5.41 Å². The summed E-state index contributed by atoms with van der Waals surface area (Å²) in [6.45, 7) is 7.39. The van der Waals surface area contributed by atoms with E-state index in [2.05, 4.69) is 0 Å². The predicted molar refractivity (Wildman–Crippen MR) is 48.4 cm³/mol. The molecule has 0 bridgehead atoms. The first-order valence-corrected chi connectivity index (χ1v) is 4.20. The van der Waals surface area contributed by atoms with Crippen LogP contribution in [0.2, 0.25) is 0 Å². The first-order chi connectivity index (χ1) is 5.43. The highest BCUT2D eigenvalue weighted by Gasteiger charge is 2.11. The Morgan fingerprint density at radius 2 is 1.83 bits per heavy atom. The molecule has 0 radical (unpaired) electrons. The second kappa shape index (κ2) is 4.91. The van der Waals surface area contributed by atoms with Crippen molar-refractivity contribution < 1.29 is 9.53 Å². The Labute approximate surface area is 73.6 Å². The fourth-order valence-corrected chi connectivity index (χ4v) is 0.664. The van der Waals surface area contributed by atoms with Gasteiger partial charge in [-0.2, -0.15) is 0 Å². The molecule has 0 saturated carbocycles. The molecule has 0 aromatic rings. The largest absolute Gasteiger partial charge is 0.463 e. The SMILES string of the molecule is CC(C)OC(=O)CC(=N)C(C)C. The van der Waals surface area contributed by atoms with Gasteiger partial charge in [0.05, 0.1) is 12.5 Å². The summed E-state index contributed by atoms with van der Waals surface area (Å²) in [5, 5.41) is 7.42. The molecule has 0 saturated heterocycles. The van der Waals surface area contributed by atoms with Crippen LogP contribution in [0.25, 0.3) is 0 Å². The van der Waals surface area contributed by atoms with Crippen molar-refractivity contribution in [3.05, 3.63) is 0 Å². The first-order valence-electron chi connectivity index (χ1n) is 4.20. The summed E-state index contributed by atoms with van der Waals surface area (Å²) in [6.07, 6.45) is 0.0352. The number of esters is 1. The second-order valence-corrected chi connectivity index (χ2v) is 3.40. The van der Waals surface area contributed by atoms with Gasteiger partial charge < -0.3 is 10.1 Å². The van der Waals surface area contributed by atoms with Gasteiger partial charge in [0.1, 0.15) is 0 Å². The molecule has 12 heavy (non-hydrogen) atoms. The Morgan fingerprint density at radius 1 is 1.33 bits per heavy atom. The number of hydrogen-bond donors (Lipinski definition) is 1. The molecule has 0 aromatic heterocycles. The number of hydrogen-bond acceptors (Lipinski definition) is 3. The van der Waals surface area contributed by atoms with Crippen molar-refractivity contribution in [2.24, 2.45) is 5.92 Å². The van der Waals surface area contributed by atoms with Gasteiger partial charge in [-0.15, -0.1) is 0 Å². The van der Waals surface area contributed by atoms with E-state index in [0.717, 1.165) is 0 Å². The summed E-state index contributed by atoms with van der Waals surface area (Å²) in [6, 6.07) is 0. The van der Waals surface area contributed by atoms with Crippen LogP contribution in [0.5, 0.6) is 0 Å². The zero-order valence-corrected chi connectivity index (χ0v) is 8.18. The standard InChI is InChI=1S/C9H17NO2/c1-6(2)8(10)5-9(11)12-7(3)4/h6-7,10H,5H2,1-4H3. The average Bonchev–Trinajstić information content (AvgIpc) is 1.84. The van der Waals surface area contributed by atoms with Crippen LogP contribution in [0.1, 0.15) is 34.1 Å². The third-order valence-corrected chi connectivity index (χ3v) is 1.40. The third kappa shape index (κ3) is 4.88. The van der Waals surface area contributed by atoms with Gasteiger partial charge in [-0.25, -0.2) is 0 Å². The maximum atomic E-state index is 11.0. The van der Waals surface area contributed by atoms with Crippen LogP contribution in [0.15, 0.2) is 0 Å². The van der Waals surface area contributed by atoms with E-state index in [1.807, 2.05) is 13.8 Å². The lowest BCUT2D eigenvalue weighted by molar-refractivity contribution is -0.145. The highest BCUT2D eigenvalue weighted by molar-refractivity contribution is 5.98. The Balaban J connectivity index is 3.77. The normalized spacial score (nSPS) is 10.5. The van der Waals surface area contributed by atoms with Crippen LogP contribution in [-0.4, -0.2) is 17.8 Å². The molecule has 3 heteroatoms. The molecule has 0 heterocycles. The predicted octanol–water partition coefficient (Wildman–Crippen LogP) is 2.00. The van der Waals surface area contributed by atoms with Gasteiger partial charge in [0.2, 0.25) is 0 Å². The van der Waals surface area contributed by atoms with Crippen LogP contribution >= 0.6 is 0 Å². The Hall–Kier alpha value is -0.860. The zero-order valence-electron chi connectivity index (χ0n) is 8.18. The van der Waals surface area contributed by atoms with Gasteiger partial charge >= 0.3 is 5.97 Å². The number of nitrogens with one attached hydrogen (secondary N) is 1. The van der Waals surface area contributed by atoms with Crippen molar-refractivity contribution in [3.63, 3.8) is 0 Å². The Bertz CT molecular complexity index is 173. The maximum absolute atomic E-state index is 11.0. The molecule has 0 spiro atoms. The lowest BCUT2D eigenvalue weighted by Gasteiger charge is -2.09. The van der Waals surface area contributed by atoms with Gasteiger partial charge in [-0.3, -0.25) is 4.79 Å². The molecule has 0 aliphatic heterocycles. The molecule has 0 rings (SSSR count). The maximum Gasteiger partial charge on any atom is 0.311 e. The fourth-order valence-electron chi connectivity index (χ4n) is 0.664. The van der Waals surface area contributed by atoms with Crippen molar-refractivity contribution in [2.45, 2.75) is 40.2 Å².